The third-order valence-electron chi connectivity index (χ3n) is 4.25. The molecule has 0 radical (unpaired) electrons. The van der Waals surface area contributed by atoms with E-state index in [-0.39, 0.29) is 29.2 Å². The molecule has 1 atom stereocenters. The highest BCUT2D eigenvalue weighted by Gasteiger charge is 2.21. The lowest BCUT2D eigenvalue weighted by molar-refractivity contribution is 0.0931. The van der Waals surface area contributed by atoms with Crippen LogP contribution in [-0.4, -0.2) is 25.8 Å². The Hall–Kier alpha value is -3.10. The number of nitrogens with one attached hydrogen (secondary N) is 1. The van der Waals surface area contributed by atoms with Crippen molar-refractivity contribution in [1.82, 2.24) is 25.2 Å². The number of amides is 1. The van der Waals surface area contributed by atoms with Crippen molar-refractivity contribution < 1.29 is 18.1 Å². The number of halogens is 2. The highest BCUT2D eigenvalue weighted by molar-refractivity contribution is 5.95. The van der Waals surface area contributed by atoms with Gasteiger partial charge < -0.3 is 9.84 Å². The molecule has 3 aromatic rings. The summed E-state index contributed by atoms with van der Waals surface area (Å²) in [6.07, 6.45) is -0.892. The average molecular weight is 389 g/mol. The van der Waals surface area contributed by atoms with E-state index in [2.05, 4.69) is 20.6 Å². The van der Waals surface area contributed by atoms with Crippen LogP contribution in [0.5, 0.6) is 0 Å². The van der Waals surface area contributed by atoms with Gasteiger partial charge in [-0.1, -0.05) is 23.4 Å². The molecular weight excluding hydrogens is 368 g/mol. The minimum Gasteiger partial charge on any atom is -0.340 e. The van der Waals surface area contributed by atoms with Gasteiger partial charge in [-0.15, -0.1) is 0 Å². The highest BCUT2D eigenvalue weighted by atomic mass is 19.3. The second-order valence-electron chi connectivity index (χ2n) is 6.78. The fourth-order valence-corrected chi connectivity index (χ4v) is 2.65. The van der Waals surface area contributed by atoms with Crippen LogP contribution in [0.4, 0.5) is 8.78 Å². The number of hydrogen-bond acceptors (Lipinski definition) is 5. The minimum atomic E-state index is -2.58. The molecule has 0 spiro atoms. The van der Waals surface area contributed by atoms with E-state index in [0.29, 0.717) is 16.8 Å². The Morgan fingerprint density at radius 1 is 1.25 bits per heavy atom. The van der Waals surface area contributed by atoms with Gasteiger partial charge in [0.1, 0.15) is 6.04 Å². The Bertz CT molecular complexity index is 980. The summed E-state index contributed by atoms with van der Waals surface area (Å²) >= 11 is 0. The summed E-state index contributed by atoms with van der Waals surface area (Å²) in [4.78, 5) is 16.8. The maximum Gasteiger partial charge on any atom is 0.263 e. The van der Waals surface area contributed by atoms with Crippen molar-refractivity contribution in [2.45, 2.75) is 46.2 Å². The molecule has 148 valence electrons. The van der Waals surface area contributed by atoms with Gasteiger partial charge in [0.15, 0.2) is 0 Å². The van der Waals surface area contributed by atoms with Crippen LogP contribution in [0, 0.1) is 6.92 Å². The molecule has 0 saturated carbocycles. The van der Waals surface area contributed by atoms with Crippen molar-refractivity contribution in [2.75, 3.05) is 0 Å². The molecule has 0 aliphatic rings. The first kappa shape index (κ1) is 19.7. The van der Waals surface area contributed by atoms with Crippen LogP contribution < -0.4 is 5.32 Å². The summed E-state index contributed by atoms with van der Waals surface area (Å²) in [5.74, 6) is 0.0541. The number of rotatable bonds is 6. The van der Waals surface area contributed by atoms with E-state index in [1.165, 1.54) is 18.2 Å². The fraction of sp³-hybridized carbons (Fsp3) is 0.368. The van der Waals surface area contributed by atoms with E-state index in [4.69, 9.17) is 4.52 Å². The van der Waals surface area contributed by atoms with E-state index in [1.807, 2.05) is 13.8 Å². The van der Waals surface area contributed by atoms with Crippen molar-refractivity contribution in [3.05, 3.63) is 53.2 Å². The Labute approximate surface area is 160 Å². The maximum absolute atomic E-state index is 12.9. The van der Waals surface area contributed by atoms with Gasteiger partial charge in [-0.2, -0.15) is 10.1 Å². The fourth-order valence-electron chi connectivity index (χ4n) is 2.65. The molecule has 0 aliphatic heterocycles. The topological polar surface area (TPSA) is 85.8 Å². The molecule has 1 aromatic carbocycles. The Morgan fingerprint density at radius 2 is 2.00 bits per heavy atom. The average Bonchev–Trinajstić information content (AvgIpc) is 3.29. The first-order valence-corrected chi connectivity index (χ1v) is 8.85. The number of alkyl halides is 2. The van der Waals surface area contributed by atoms with Crippen molar-refractivity contribution >= 4 is 5.91 Å². The summed E-state index contributed by atoms with van der Waals surface area (Å²) in [6, 6.07) is 5.35. The SMILES string of the molecule is Cc1nn(C(C)C)cc1C(=O)N[C@@H](C)c1nc(-c2cccc(C(F)F)c2)no1. The van der Waals surface area contributed by atoms with Gasteiger partial charge >= 0.3 is 0 Å². The monoisotopic (exact) mass is 389 g/mol. The highest BCUT2D eigenvalue weighted by Crippen LogP contribution is 2.25. The zero-order valence-electron chi connectivity index (χ0n) is 16.0. The second-order valence-corrected chi connectivity index (χ2v) is 6.78. The maximum atomic E-state index is 12.9. The lowest BCUT2D eigenvalue weighted by Gasteiger charge is -2.09. The molecule has 9 heteroatoms. The summed E-state index contributed by atoms with van der Waals surface area (Å²) in [5, 5.41) is 10.9. The molecule has 0 aliphatic carbocycles. The summed E-state index contributed by atoms with van der Waals surface area (Å²) < 4.78 is 32.7. The number of benzene rings is 1. The van der Waals surface area contributed by atoms with E-state index >= 15 is 0 Å². The minimum absolute atomic E-state index is 0.122. The first-order chi connectivity index (χ1) is 13.3. The molecule has 2 aromatic heterocycles. The Kier molecular flexibility index (Phi) is 5.53. The van der Waals surface area contributed by atoms with E-state index < -0.39 is 12.5 Å². The van der Waals surface area contributed by atoms with Gasteiger partial charge in [-0.25, -0.2) is 8.78 Å². The molecule has 7 nitrogen and oxygen atoms in total. The molecule has 2 heterocycles. The number of hydrogen-bond donors (Lipinski definition) is 1. The van der Waals surface area contributed by atoms with Gasteiger partial charge in [-0.3, -0.25) is 9.48 Å². The van der Waals surface area contributed by atoms with Gasteiger partial charge in [0.2, 0.25) is 11.7 Å². The molecule has 1 N–H and O–H groups in total. The summed E-state index contributed by atoms with van der Waals surface area (Å²) in [7, 11) is 0. The van der Waals surface area contributed by atoms with Crippen LogP contribution >= 0.6 is 0 Å². The number of aryl methyl sites for hydroxylation is 1. The van der Waals surface area contributed by atoms with Gasteiger partial charge in [0.25, 0.3) is 12.3 Å². The summed E-state index contributed by atoms with van der Waals surface area (Å²) in [5.41, 5.74) is 1.38. The van der Waals surface area contributed by atoms with Gasteiger partial charge in [-0.05, 0) is 33.8 Å². The smallest absolute Gasteiger partial charge is 0.263 e. The van der Waals surface area contributed by atoms with Crippen LogP contribution in [0.2, 0.25) is 0 Å². The van der Waals surface area contributed by atoms with Gasteiger partial charge in [0, 0.05) is 23.4 Å². The lowest BCUT2D eigenvalue weighted by Crippen LogP contribution is -2.27. The second kappa shape index (κ2) is 7.87. The molecular formula is C19H21F2N5O2. The number of carbonyl (C=O) groups is 1. The predicted octanol–water partition coefficient (Wildman–Crippen LogP) is 4.25. The molecule has 3 rings (SSSR count). The van der Waals surface area contributed by atoms with Crippen molar-refractivity contribution in [3.8, 4) is 11.4 Å². The zero-order chi connectivity index (χ0) is 20.4. The summed E-state index contributed by atoms with van der Waals surface area (Å²) in [6.45, 7) is 7.41. The van der Waals surface area contributed by atoms with Crippen LogP contribution in [0.25, 0.3) is 11.4 Å². The van der Waals surface area contributed by atoms with E-state index in [9.17, 15) is 13.6 Å². The number of carbonyl (C=O) groups excluding carboxylic acids is 1. The molecule has 1 amide bonds. The van der Waals surface area contributed by atoms with E-state index in [1.54, 1.807) is 30.8 Å². The normalized spacial score (nSPS) is 12.6. The predicted molar refractivity (Wildman–Crippen MR) is 97.9 cm³/mol. The quantitative estimate of drug-likeness (QED) is 0.681. The van der Waals surface area contributed by atoms with Gasteiger partial charge in [0.05, 0.1) is 11.3 Å². The van der Waals surface area contributed by atoms with E-state index in [0.717, 1.165) is 0 Å². The zero-order valence-corrected chi connectivity index (χ0v) is 16.0. The van der Waals surface area contributed by atoms with Crippen LogP contribution in [0.15, 0.2) is 35.0 Å². The number of aromatic nitrogens is 4. The van der Waals surface area contributed by atoms with Crippen molar-refractivity contribution in [3.63, 3.8) is 0 Å². The third-order valence-corrected chi connectivity index (χ3v) is 4.25. The molecule has 0 fully saturated rings. The van der Waals surface area contributed by atoms with Crippen molar-refractivity contribution in [1.29, 1.82) is 0 Å². The first-order valence-electron chi connectivity index (χ1n) is 8.85. The van der Waals surface area contributed by atoms with Crippen LogP contribution in [0.3, 0.4) is 0 Å². The standard InChI is InChI=1S/C19H21F2N5O2/c1-10(2)26-9-15(11(3)24-26)18(27)22-12(4)19-23-17(25-28-19)14-7-5-6-13(8-14)16(20)21/h5-10,12,16H,1-4H3,(H,22,27)/t12-/m0/s1. The van der Waals surface area contributed by atoms with Crippen molar-refractivity contribution in [2.24, 2.45) is 0 Å². The molecule has 0 bridgehead atoms. The Balaban J connectivity index is 1.75. The third kappa shape index (κ3) is 4.08. The molecule has 0 unspecified atom stereocenters. The Morgan fingerprint density at radius 3 is 2.64 bits per heavy atom. The molecule has 28 heavy (non-hydrogen) atoms. The largest absolute Gasteiger partial charge is 0.340 e. The number of nitrogens with zero attached hydrogens (tertiary/aromatic N) is 4. The van der Waals surface area contributed by atoms with Crippen LogP contribution in [0.1, 0.15) is 66.8 Å². The lowest BCUT2D eigenvalue weighted by atomic mass is 10.1. The molecule has 0 saturated heterocycles. The van der Waals surface area contributed by atoms with Crippen LogP contribution in [-0.2, 0) is 0 Å².